The number of hydrogen-bond acceptors (Lipinski definition) is 3. The summed E-state index contributed by atoms with van der Waals surface area (Å²) in [6.07, 6.45) is 2.27. The van der Waals surface area contributed by atoms with Crippen molar-refractivity contribution >= 4 is 39.1 Å². The van der Waals surface area contributed by atoms with Gasteiger partial charge < -0.3 is 15.0 Å². The number of halogens is 2. The van der Waals surface area contributed by atoms with Gasteiger partial charge >= 0.3 is 0 Å². The summed E-state index contributed by atoms with van der Waals surface area (Å²) in [5.74, 6) is -0.599. The molecular formula is C19H18BrFN2O3. The normalized spacial score (nSPS) is 14.3. The second-order valence-corrected chi connectivity index (χ2v) is 6.88. The standard InChI is InChI=1S/C19H18BrFN2O3/c1-26-17-8-6-13(11-16(17)23-9-3-2-4-18(23)24)22-19(25)14-10-12(20)5-7-15(14)21/h5-8,10-11H,2-4,9H2,1H3,(H,22,25). The van der Waals surface area contributed by atoms with Gasteiger partial charge in [-0.3, -0.25) is 9.59 Å². The smallest absolute Gasteiger partial charge is 0.258 e. The lowest BCUT2D eigenvalue weighted by atomic mass is 10.1. The Kier molecular flexibility index (Phi) is 5.56. The van der Waals surface area contributed by atoms with Crippen LogP contribution in [-0.4, -0.2) is 25.5 Å². The number of methoxy groups -OCH3 is 1. The summed E-state index contributed by atoms with van der Waals surface area (Å²) in [5.41, 5.74) is 0.999. The number of nitrogens with one attached hydrogen (secondary N) is 1. The molecule has 0 bridgehead atoms. The van der Waals surface area contributed by atoms with Gasteiger partial charge in [0.2, 0.25) is 5.91 Å². The molecule has 3 rings (SSSR count). The lowest BCUT2D eigenvalue weighted by Gasteiger charge is -2.28. The van der Waals surface area contributed by atoms with Crippen LogP contribution in [0.15, 0.2) is 40.9 Å². The first-order chi connectivity index (χ1) is 12.5. The predicted octanol–water partition coefficient (Wildman–Crippen LogP) is 4.37. The van der Waals surface area contributed by atoms with Crippen molar-refractivity contribution < 1.29 is 18.7 Å². The van der Waals surface area contributed by atoms with Crippen molar-refractivity contribution in [1.82, 2.24) is 0 Å². The highest BCUT2D eigenvalue weighted by molar-refractivity contribution is 9.10. The van der Waals surface area contributed by atoms with Crippen molar-refractivity contribution in [2.45, 2.75) is 19.3 Å². The zero-order valence-corrected chi connectivity index (χ0v) is 15.8. The summed E-state index contributed by atoms with van der Waals surface area (Å²) in [6, 6.07) is 9.19. The first-order valence-electron chi connectivity index (χ1n) is 8.24. The maximum absolute atomic E-state index is 13.9. The zero-order valence-electron chi connectivity index (χ0n) is 14.2. The maximum atomic E-state index is 13.9. The first-order valence-corrected chi connectivity index (χ1v) is 9.03. The fourth-order valence-corrected chi connectivity index (χ4v) is 3.27. The van der Waals surface area contributed by atoms with E-state index in [9.17, 15) is 14.0 Å². The molecule has 1 aliphatic rings. The van der Waals surface area contributed by atoms with Gasteiger partial charge in [-0.25, -0.2) is 4.39 Å². The number of rotatable bonds is 4. The molecule has 5 nitrogen and oxygen atoms in total. The molecule has 136 valence electrons. The van der Waals surface area contributed by atoms with Crippen LogP contribution in [0, 0.1) is 5.82 Å². The molecule has 1 heterocycles. The number of hydrogen-bond donors (Lipinski definition) is 1. The molecule has 1 saturated heterocycles. The molecule has 2 aromatic rings. The van der Waals surface area contributed by atoms with Gasteiger partial charge in [0.15, 0.2) is 0 Å². The van der Waals surface area contributed by atoms with E-state index in [2.05, 4.69) is 21.2 Å². The first kappa shape index (κ1) is 18.4. The van der Waals surface area contributed by atoms with Crippen LogP contribution in [-0.2, 0) is 4.79 Å². The Hall–Kier alpha value is -2.41. The van der Waals surface area contributed by atoms with Gasteiger partial charge in [0.25, 0.3) is 5.91 Å². The van der Waals surface area contributed by atoms with Crippen LogP contribution in [0.3, 0.4) is 0 Å². The van der Waals surface area contributed by atoms with Crippen molar-refractivity contribution in [3.05, 3.63) is 52.3 Å². The van der Waals surface area contributed by atoms with Gasteiger partial charge in [0.05, 0.1) is 18.4 Å². The maximum Gasteiger partial charge on any atom is 0.258 e. The van der Waals surface area contributed by atoms with Crippen molar-refractivity contribution in [2.75, 3.05) is 23.9 Å². The summed E-state index contributed by atoms with van der Waals surface area (Å²) in [4.78, 5) is 26.3. The van der Waals surface area contributed by atoms with Crippen LogP contribution in [0.1, 0.15) is 29.6 Å². The molecular weight excluding hydrogens is 403 g/mol. The Morgan fingerprint density at radius 3 is 2.77 bits per heavy atom. The van der Waals surface area contributed by atoms with Gasteiger partial charge in [-0.05, 0) is 49.2 Å². The Morgan fingerprint density at radius 2 is 2.04 bits per heavy atom. The van der Waals surface area contributed by atoms with Gasteiger partial charge in [0.1, 0.15) is 11.6 Å². The van der Waals surface area contributed by atoms with E-state index in [1.165, 1.54) is 25.3 Å². The van der Waals surface area contributed by atoms with Crippen LogP contribution in [0.25, 0.3) is 0 Å². The summed E-state index contributed by atoms with van der Waals surface area (Å²) in [7, 11) is 1.53. The molecule has 1 N–H and O–H groups in total. The molecule has 0 aromatic heterocycles. The highest BCUT2D eigenvalue weighted by Crippen LogP contribution is 2.33. The number of nitrogens with zero attached hydrogens (tertiary/aromatic N) is 1. The third kappa shape index (κ3) is 3.88. The number of carbonyl (C=O) groups excluding carboxylic acids is 2. The molecule has 0 radical (unpaired) electrons. The van der Waals surface area contributed by atoms with E-state index in [0.29, 0.717) is 34.6 Å². The molecule has 0 saturated carbocycles. The number of ether oxygens (including phenoxy) is 1. The fourth-order valence-electron chi connectivity index (χ4n) is 2.91. The Labute approximate surface area is 159 Å². The second kappa shape index (κ2) is 7.86. The summed E-state index contributed by atoms with van der Waals surface area (Å²) in [6.45, 7) is 0.604. The van der Waals surface area contributed by atoms with E-state index in [0.717, 1.165) is 12.8 Å². The van der Waals surface area contributed by atoms with E-state index in [4.69, 9.17) is 4.74 Å². The minimum absolute atomic E-state index is 0.0241. The quantitative estimate of drug-likeness (QED) is 0.798. The summed E-state index contributed by atoms with van der Waals surface area (Å²) in [5, 5.41) is 2.68. The van der Waals surface area contributed by atoms with Crippen molar-refractivity contribution in [1.29, 1.82) is 0 Å². The monoisotopic (exact) mass is 420 g/mol. The molecule has 0 aliphatic carbocycles. The average molecular weight is 421 g/mol. The van der Waals surface area contributed by atoms with Gasteiger partial charge in [-0.1, -0.05) is 15.9 Å². The van der Waals surface area contributed by atoms with Crippen LogP contribution < -0.4 is 15.0 Å². The Balaban J connectivity index is 1.89. The SMILES string of the molecule is COc1ccc(NC(=O)c2cc(Br)ccc2F)cc1N1CCCCC1=O. The van der Waals surface area contributed by atoms with E-state index in [1.54, 1.807) is 23.1 Å². The number of anilines is 2. The van der Waals surface area contributed by atoms with Gasteiger partial charge in [0, 0.05) is 23.1 Å². The van der Waals surface area contributed by atoms with E-state index in [-0.39, 0.29) is 11.5 Å². The molecule has 1 fully saturated rings. The molecule has 0 unspecified atom stereocenters. The van der Waals surface area contributed by atoms with Crippen LogP contribution in [0.5, 0.6) is 5.75 Å². The minimum Gasteiger partial charge on any atom is -0.495 e. The molecule has 0 atom stereocenters. The van der Waals surface area contributed by atoms with Crippen LogP contribution >= 0.6 is 15.9 Å². The van der Waals surface area contributed by atoms with Gasteiger partial charge in [-0.2, -0.15) is 0 Å². The highest BCUT2D eigenvalue weighted by Gasteiger charge is 2.23. The van der Waals surface area contributed by atoms with E-state index >= 15 is 0 Å². The van der Waals surface area contributed by atoms with E-state index in [1.807, 2.05) is 0 Å². The number of benzene rings is 2. The molecule has 2 aromatic carbocycles. The molecule has 0 spiro atoms. The number of carbonyl (C=O) groups is 2. The summed E-state index contributed by atoms with van der Waals surface area (Å²) < 4.78 is 19.9. The number of amides is 2. The molecule has 7 heteroatoms. The van der Waals surface area contributed by atoms with Crippen LogP contribution in [0.2, 0.25) is 0 Å². The zero-order chi connectivity index (χ0) is 18.7. The number of piperidine rings is 1. The van der Waals surface area contributed by atoms with Crippen molar-refractivity contribution in [2.24, 2.45) is 0 Å². The third-order valence-electron chi connectivity index (χ3n) is 4.22. The predicted molar refractivity (Wildman–Crippen MR) is 101 cm³/mol. The molecule has 2 amide bonds. The van der Waals surface area contributed by atoms with E-state index < -0.39 is 11.7 Å². The fraction of sp³-hybridized carbons (Fsp3) is 0.263. The lowest BCUT2D eigenvalue weighted by Crippen LogP contribution is -2.35. The Morgan fingerprint density at radius 1 is 1.23 bits per heavy atom. The molecule has 26 heavy (non-hydrogen) atoms. The Bertz CT molecular complexity index is 857. The van der Waals surface area contributed by atoms with Crippen LogP contribution in [0.4, 0.5) is 15.8 Å². The highest BCUT2D eigenvalue weighted by atomic mass is 79.9. The largest absolute Gasteiger partial charge is 0.495 e. The molecule has 1 aliphatic heterocycles. The summed E-state index contributed by atoms with van der Waals surface area (Å²) >= 11 is 3.23. The second-order valence-electron chi connectivity index (χ2n) is 5.97. The van der Waals surface area contributed by atoms with Crippen molar-refractivity contribution in [3.63, 3.8) is 0 Å². The van der Waals surface area contributed by atoms with Gasteiger partial charge in [-0.15, -0.1) is 0 Å². The topological polar surface area (TPSA) is 58.6 Å². The third-order valence-corrected chi connectivity index (χ3v) is 4.72. The lowest BCUT2D eigenvalue weighted by molar-refractivity contribution is -0.119. The van der Waals surface area contributed by atoms with Crippen molar-refractivity contribution in [3.8, 4) is 5.75 Å². The minimum atomic E-state index is -0.606. The average Bonchev–Trinajstić information content (AvgIpc) is 2.64.